The van der Waals surface area contributed by atoms with Gasteiger partial charge < -0.3 is 15.0 Å². The maximum atomic E-state index is 13.0. The van der Waals surface area contributed by atoms with Gasteiger partial charge in [0, 0.05) is 25.8 Å². The van der Waals surface area contributed by atoms with Crippen LogP contribution in [0.2, 0.25) is 0 Å². The Kier molecular flexibility index (Phi) is 5.00. The molecule has 1 heterocycles. The Morgan fingerprint density at radius 3 is 2.43 bits per heavy atom. The number of rotatable bonds is 4. The van der Waals surface area contributed by atoms with Crippen LogP contribution in [-0.4, -0.2) is 30.0 Å². The van der Waals surface area contributed by atoms with Crippen molar-refractivity contribution in [2.45, 2.75) is 5.38 Å². The first-order valence-electron chi connectivity index (χ1n) is 6.56. The molecule has 0 saturated heterocycles. The van der Waals surface area contributed by atoms with Gasteiger partial charge in [0.05, 0.1) is 0 Å². The minimum absolute atomic E-state index is 0.00657. The number of alkyl halides is 3. The van der Waals surface area contributed by atoms with Gasteiger partial charge >= 0.3 is 11.4 Å². The second kappa shape index (κ2) is 6.78. The number of urea groups is 1. The van der Waals surface area contributed by atoms with Crippen LogP contribution in [0.25, 0.3) is 0 Å². The lowest BCUT2D eigenvalue weighted by Crippen LogP contribution is -2.27. The van der Waals surface area contributed by atoms with E-state index >= 15 is 0 Å². The van der Waals surface area contributed by atoms with Crippen molar-refractivity contribution in [2.24, 2.45) is 0 Å². The van der Waals surface area contributed by atoms with Crippen LogP contribution >= 0.6 is 11.6 Å². The summed E-state index contributed by atoms with van der Waals surface area (Å²) in [6.07, 6.45) is 0. The molecule has 0 radical (unpaired) electrons. The van der Waals surface area contributed by atoms with Crippen molar-refractivity contribution in [3.8, 4) is 11.6 Å². The van der Waals surface area contributed by atoms with Gasteiger partial charge in [-0.05, 0) is 41.9 Å². The van der Waals surface area contributed by atoms with Crippen molar-refractivity contribution in [3.63, 3.8) is 0 Å². The summed E-state index contributed by atoms with van der Waals surface area (Å²) in [5.41, 5.74) is -0.0171. The molecule has 0 unspecified atom stereocenters. The molecule has 8 heteroatoms. The molecule has 1 aromatic heterocycles. The number of pyridine rings is 1. The Labute approximate surface area is 136 Å². The monoisotopic (exact) mass is 341 g/mol. The van der Waals surface area contributed by atoms with Crippen molar-refractivity contribution in [1.29, 1.82) is 0 Å². The van der Waals surface area contributed by atoms with Crippen molar-refractivity contribution in [3.05, 3.63) is 48.2 Å². The van der Waals surface area contributed by atoms with E-state index in [0.717, 1.165) is 6.07 Å². The Morgan fingerprint density at radius 1 is 1.22 bits per heavy atom. The molecule has 0 spiro atoms. The van der Waals surface area contributed by atoms with E-state index in [1.54, 1.807) is 38.4 Å². The van der Waals surface area contributed by atoms with Gasteiger partial charge in [-0.3, -0.25) is 0 Å². The number of halogens is 3. The zero-order chi connectivity index (χ0) is 17.0. The number of amides is 2. The SMILES string of the molecule is CN(C)C(=O)Nc1ccc(Oc2cccc(C(F)(F)Cl)n2)cc1. The Balaban J connectivity index is 2.08. The predicted molar refractivity (Wildman–Crippen MR) is 83.2 cm³/mol. The summed E-state index contributed by atoms with van der Waals surface area (Å²) in [7, 11) is 3.25. The number of nitrogens with one attached hydrogen (secondary N) is 1. The van der Waals surface area contributed by atoms with E-state index in [1.165, 1.54) is 17.0 Å². The van der Waals surface area contributed by atoms with Gasteiger partial charge in [0.2, 0.25) is 5.88 Å². The third kappa shape index (κ3) is 4.79. The van der Waals surface area contributed by atoms with Crippen LogP contribution < -0.4 is 10.1 Å². The number of carbonyl (C=O) groups excluding carboxylic acids is 1. The molecule has 0 atom stereocenters. The molecular formula is C15H14ClF2N3O2. The van der Waals surface area contributed by atoms with Crippen LogP contribution in [0.5, 0.6) is 11.6 Å². The van der Waals surface area contributed by atoms with E-state index in [0.29, 0.717) is 11.4 Å². The quantitative estimate of drug-likeness (QED) is 0.845. The smallest absolute Gasteiger partial charge is 0.364 e. The maximum absolute atomic E-state index is 13.0. The Bertz CT molecular complexity index is 688. The third-order valence-electron chi connectivity index (χ3n) is 2.75. The molecule has 0 fully saturated rings. The van der Waals surface area contributed by atoms with Crippen molar-refractivity contribution in [1.82, 2.24) is 9.88 Å². The molecule has 0 aliphatic carbocycles. The van der Waals surface area contributed by atoms with E-state index in [1.807, 2.05) is 0 Å². The fourth-order valence-electron chi connectivity index (χ4n) is 1.59. The first-order chi connectivity index (χ1) is 10.8. The lowest BCUT2D eigenvalue weighted by atomic mass is 10.3. The molecule has 2 rings (SSSR count). The van der Waals surface area contributed by atoms with Gasteiger partial charge in [-0.25, -0.2) is 9.78 Å². The van der Waals surface area contributed by atoms with Crippen LogP contribution in [0.15, 0.2) is 42.5 Å². The summed E-state index contributed by atoms with van der Waals surface area (Å²) < 4.78 is 31.4. The van der Waals surface area contributed by atoms with Gasteiger partial charge in [-0.15, -0.1) is 0 Å². The summed E-state index contributed by atoms with van der Waals surface area (Å²) in [4.78, 5) is 16.6. The minimum Gasteiger partial charge on any atom is -0.439 e. The highest BCUT2D eigenvalue weighted by molar-refractivity contribution is 6.21. The lowest BCUT2D eigenvalue weighted by molar-refractivity contribution is 0.0893. The van der Waals surface area contributed by atoms with Crippen LogP contribution in [-0.2, 0) is 5.38 Å². The van der Waals surface area contributed by atoms with Crippen LogP contribution in [0.4, 0.5) is 19.3 Å². The highest BCUT2D eigenvalue weighted by atomic mass is 35.5. The van der Waals surface area contributed by atoms with E-state index < -0.39 is 11.1 Å². The van der Waals surface area contributed by atoms with Gasteiger partial charge in [-0.2, -0.15) is 8.78 Å². The largest absolute Gasteiger partial charge is 0.439 e. The van der Waals surface area contributed by atoms with Crippen LogP contribution in [0, 0.1) is 0 Å². The average molecular weight is 342 g/mol. The summed E-state index contributed by atoms with van der Waals surface area (Å²) in [6.45, 7) is 0. The number of benzene rings is 1. The van der Waals surface area contributed by atoms with Crippen molar-refractivity contribution >= 4 is 23.3 Å². The molecule has 2 amide bonds. The summed E-state index contributed by atoms with van der Waals surface area (Å²) in [5, 5.41) is -0.895. The summed E-state index contributed by atoms with van der Waals surface area (Å²) >= 11 is 4.93. The standard InChI is InChI=1S/C15H14ClF2N3O2/c1-21(2)14(22)19-10-6-8-11(9-7-10)23-13-5-3-4-12(20-13)15(16,17)18/h3-9H,1-2H3,(H,19,22). The van der Waals surface area contributed by atoms with Crippen molar-refractivity contribution < 1.29 is 18.3 Å². The molecule has 1 N–H and O–H groups in total. The van der Waals surface area contributed by atoms with E-state index in [9.17, 15) is 13.6 Å². The first kappa shape index (κ1) is 17.0. The highest BCUT2D eigenvalue weighted by Crippen LogP contribution is 2.32. The fraction of sp³-hybridized carbons (Fsp3) is 0.200. The molecular weight excluding hydrogens is 328 g/mol. The minimum atomic E-state index is -3.56. The normalized spacial score (nSPS) is 11.0. The molecule has 2 aromatic rings. The zero-order valence-electron chi connectivity index (χ0n) is 12.4. The topological polar surface area (TPSA) is 54.5 Å². The van der Waals surface area contributed by atoms with E-state index in [-0.39, 0.29) is 11.9 Å². The molecule has 1 aromatic carbocycles. The maximum Gasteiger partial charge on any atom is 0.364 e. The summed E-state index contributed by atoms with van der Waals surface area (Å²) in [6, 6.07) is 10.1. The number of hydrogen-bond acceptors (Lipinski definition) is 3. The number of aromatic nitrogens is 1. The van der Waals surface area contributed by atoms with Gasteiger partial charge in [0.15, 0.2) is 0 Å². The molecule has 0 aliphatic rings. The molecule has 0 saturated carbocycles. The number of carbonyl (C=O) groups is 1. The summed E-state index contributed by atoms with van der Waals surface area (Å²) in [5.74, 6) is 0.378. The van der Waals surface area contributed by atoms with Gasteiger partial charge in [0.1, 0.15) is 11.4 Å². The molecule has 5 nitrogen and oxygen atoms in total. The van der Waals surface area contributed by atoms with Gasteiger partial charge in [-0.1, -0.05) is 6.07 Å². The predicted octanol–water partition coefficient (Wildman–Crippen LogP) is 4.26. The molecule has 0 aliphatic heterocycles. The Hall–Kier alpha value is -2.41. The molecule has 0 bridgehead atoms. The second-order valence-electron chi connectivity index (χ2n) is 4.81. The van der Waals surface area contributed by atoms with Crippen LogP contribution in [0.1, 0.15) is 5.69 Å². The third-order valence-corrected chi connectivity index (χ3v) is 2.94. The number of ether oxygens (including phenoxy) is 1. The lowest BCUT2D eigenvalue weighted by Gasteiger charge is -2.12. The average Bonchev–Trinajstić information content (AvgIpc) is 2.48. The van der Waals surface area contributed by atoms with Crippen molar-refractivity contribution in [2.75, 3.05) is 19.4 Å². The molecule has 122 valence electrons. The van der Waals surface area contributed by atoms with Crippen LogP contribution in [0.3, 0.4) is 0 Å². The van der Waals surface area contributed by atoms with E-state index in [2.05, 4.69) is 10.3 Å². The first-order valence-corrected chi connectivity index (χ1v) is 6.94. The number of nitrogens with zero attached hydrogens (tertiary/aromatic N) is 2. The number of anilines is 1. The Morgan fingerprint density at radius 2 is 1.87 bits per heavy atom. The molecule has 23 heavy (non-hydrogen) atoms. The highest BCUT2D eigenvalue weighted by Gasteiger charge is 2.29. The van der Waals surface area contributed by atoms with Gasteiger partial charge in [0.25, 0.3) is 0 Å². The second-order valence-corrected chi connectivity index (χ2v) is 5.28. The van der Waals surface area contributed by atoms with E-state index in [4.69, 9.17) is 16.3 Å². The fourth-order valence-corrected chi connectivity index (χ4v) is 1.70. The zero-order valence-corrected chi connectivity index (χ0v) is 13.1. The number of hydrogen-bond donors (Lipinski definition) is 1.